The number of aryl methyl sites for hydroxylation is 1. The summed E-state index contributed by atoms with van der Waals surface area (Å²) in [6, 6.07) is 0. The molecule has 0 aliphatic heterocycles. The van der Waals surface area contributed by atoms with Gasteiger partial charge in [-0.05, 0) is 0 Å². The van der Waals surface area contributed by atoms with E-state index in [4.69, 9.17) is 0 Å². The summed E-state index contributed by atoms with van der Waals surface area (Å²) < 4.78 is 4.55. The molecule has 0 amide bonds. The second-order valence-electron chi connectivity index (χ2n) is 3.09. The van der Waals surface area contributed by atoms with Crippen LogP contribution in [-0.4, -0.2) is 32.2 Å². The topological polar surface area (TPSA) is 42.4 Å². The first-order valence-corrected chi connectivity index (χ1v) is 5.20. The Balaban J connectivity index is 2.48. The van der Waals surface area contributed by atoms with Crippen LogP contribution in [-0.2, 0) is 16.0 Å². The maximum absolute atomic E-state index is 10.9. The number of methoxy groups -OCH3 is 1. The molecule has 14 heavy (non-hydrogen) atoms. The number of ether oxygens (including phenoxy) is 1. The van der Waals surface area contributed by atoms with Crippen LogP contribution in [0.2, 0.25) is 0 Å². The summed E-state index contributed by atoms with van der Waals surface area (Å²) in [6.07, 6.45) is 1.05. The minimum Gasteiger partial charge on any atom is -0.469 e. The summed E-state index contributed by atoms with van der Waals surface area (Å²) in [4.78, 5) is 17.2. The highest BCUT2D eigenvalue weighted by molar-refractivity contribution is 7.13. The number of anilines is 1. The van der Waals surface area contributed by atoms with Gasteiger partial charge in [-0.2, -0.15) is 0 Å². The second kappa shape index (κ2) is 4.95. The van der Waals surface area contributed by atoms with E-state index in [1.54, 1.807) is 11.3 Å². The number of carbonyl (C=O) groups excluding carboxylic acids is 1. The molecule has 0 aliphatic rings. The van der Waals surface area contributed by atoms with Gasteiger partial charge in [0.1, 0.15) is 0 Å². The highest BCUT2D eigenvalue weighted by Gasteiger charge is 2.06. The molecule has 1 aromatic heterocycles. The molecule has 0 aliphatic carbocycles. The Bertz CT molecular complexity index is 310. The molecule has 1 aromatic rings. The van der Waals surface area contributed by atoms with E-state index in [0.717, 1.165) is 10.8 Å². The first-order chi connectivity index (χ1) is 6.63. The summed E-state index contributed by atoms with van der Waals surface area (Å²) in [5.74, 6) is -0.190. The zero-order valence-electron chi connectivity index (χ0n) is 8.61. The number of aromatic nitrogens is 1. The average molecular weight is 214 g/mol. The van der Waals surface area contributed by atoms with Crippen molar-refractivity contribution in [1.82, 2.24) is 4.98 Å². The third-order valence-corrected chi connectivity index (χ3v) is 2.79. The van der Waals surface area contributed by atoms with Gasteiger partial charge in [-0.25, -0.2) is 4.98 Å². The van der Waals surface area contributed by atoms with E-state index in [2.05, 4.69) is 9.72 Å². The molecule has 0 fully saturated rings. The van der Waals surface area contributed by atoms with Crippen LogP contribution in [0.3, 0.4) is 0 Å². The zero-order valence-corrected chi connectivity index (χ0v) is 9.43. The lowest BCUT2D eigenvalue weighted by atomic mass is 10.2. The van der Waals surface area contributed by atoms with Crippen molar-refractivity contribution in [1.29, 1.82) is 0 Å². The van der Waals surface area contributed by atoms with Crippen molar-refractivity contribution in [3.8, 4) is 0 Å². The third-order valence-electron chi connectivity index (χ3n) is 1.74. The summed E-state index contributed by atoms with van der Waals surface area (Å²) in [7, 11) is 5.29. The molecule has 0 N–H and O–H groups in total. The Hall–Kier alpha value is -1.10. The van der Waals surface area contributed by atoms with Crippen LogP contribution in [0.25, 0.3) is 0 Å². The summed E-state index contributed by atoms with van der Waals surface area (Å²) in [5.41, 5.74) is 0.948. The number of carbonyl (C=O) groups is 1. The molecule has 0 spiro atoms. The van der Waals surface area contributed by atoms with Gasteiger partial charge in [0.2, 0.25) is 0 Å². The van der Waals surface area contributed by atoms with Gasteiger partial charge in [0, 0.05) is 25.9 Å². The van der Waals surface area contributed by atoms with E-state index in [9.17, 15) is 4.79 Å². The summed E-state index contributed by atoms with van der Waals surface area (Å²) in [6.45, 7) is 0. The van der Waals surface area contributed by atoms with Gasteiger partial charge in [-0.3, -0.25) is 4.79 Å². The van der Waals surface area contributed by atoms with Crippen LogP contribution < -0.4 is 4.90 Å². The Morgan fingerprint density at radius 2 is 2.36 bits per heavy atom. The molecule has 1 rings (SSSR count). The van der Waals surface area contributed by atoms with Crippen LogP contribution in [0.15, 0.2) is 5.38 Å². The van der Waals surface area contributed by atoms with Crippen LogP contribution in [0.1, 0.15) is 12.1 Å². The summed E-state index contributed by atoms with van der Waals surface area (Å²) >= 11 is 1.58. The van der Waals surface area contributed by atoms with Gasteiger partial charge in [0.15, 0.2) is 5.13 Å². The van der Waals surface area contributed by atoms with E-state index in [0.29, 0.717) is 12.8 Å². The molecule has 0 atom stereocenters. The van der Waals surface area contributed by atoms with Crippen LogP contribution in [0.4, 0.5) is 5.13 Å². The Labute approximate surface area is 87.5 Å². The second-order valence-corrected chi connectivity index (χ2v) is 3.93. The van der Waals surface area contributed by atoms with E-state index in [1.165, 1.54) is 7.11 Å². The van der Waals surface area contributed by atoms with Gasteiger partial charge in [0.05, 0.1) is 19.2 Å². The zero-order chi connectivity index (χ0) is 10.6. The lowest BCUT2D eigenvalue weighted by molar-refractivity contribution is -0.140. The number of thiazole rings is 1. The maximum atomic E-state index is 10.9. The lowest BCUT2D eigenvalue weighted by Crippen LogP contribution is -2.08. The first kappa shape index (κ1) is 11.0. The van der Waals surface area contributed by atoms with Crippen molar-refractivity contribution in [2.24, 2.45) is 0 Å². The summed E-state index contributed by atoms with van der Waals surface area (Å²) in [5, 5.41) is 2.93. The molecule has 5 heteroatoms. The van der Waals surface area contributed by atoms with Gasteiger partial charge in [0.25, 0.3) is 0 Å². The molecule has 0 saturated carbocycles. The van der Waals surface area contributed by atoms with Gasteiger partial charge in [-0.15, -0.1) is 11.3 Å². The third kappa shape index (κ3) is 2.99. The Morgan fingerprint density at radius 3 is 2.86 bits per heavy atom. The average Bonchev–Trinajstić information content (AvgIpc) is 2.62. The van der Waals surface area contributed by atoms with Gasteiger partial charge >= 0.3 is 5.97 Å². The molecule has 0 saturated heterocycles. The minimum atomic E-state index is -0.190. The fourth-order valence-corrected chi connectivity index (χ4v) is 1.74. The van der Waals surface area contributed by atoms with Crippen molar-refractivity contribution in [3.05, 3.63) is 11.1 Å². The Kier molecular flexibility index (Phi) is 3.88. The van der Waals surface area contributed by atoms with Gasteiger partial charge in [-0.1, -0.05) is 0 Å². The smallest absolute Gasteiger partial charge is 0.305 e. The fraction of sp³-hybridized carbons (Fsp3) is 0.556. The molecule has 78 valence electrons. The fourth-order valence-electron chi connectivity index (χ4n) is 0.949. The maximum Gasteiger partial charge on any atom is 0.305 e. The highest BCUT2D eigenvalue weighted by Crippen LogP contribution is 2.18. The SMILES string of the molecule is COC(=O)CCc1csc(N(C)C)n1. The molecule has 0 radical (unpaired) electrons. The lowest BCUT2D eigenvalue weighted by Gasteiger charge is -2.05. The molecular formula is C9H14N2O2S. The van der Waals surface area contributed by atoms with E-state index in [-0.39, 0.29) is 5.97 Å². The first-order valence-electron chi connectivity index (χ1n) is 4.32. The van der Waals surface area contributed by atoms with Crippen LogP contribution in [0.5, 0.6) is 0 Å². The molecule has 4 nitrogen and oxygen atoms in total. The van der Waals surface area contributed by atoms with Crippen molar-refractivity contribution in [3.63, 3.8) is 0 Å². The number of nitrogens with zero attached hydrogens (tertiary/aromatic N) is 2. The normalized spacial score (nSPS) is 9.93. The van der Waals surface area contributed by atoms with E-state index >= 15 is 0 Å². The Morgan fingerprint density at radius 1 is 1.64 bits per heavy atom. The molecular weight excluding hydrogens is 200 g/mol. The van der Waals surface area contributed by atoms with Gasteiger partial charge < -0.3 is 9.64 Å². The van der Waals surface area contributed by atoms with E-state index < -0.39 is 0 Å². The minimum absolute atomic E-state index is 0.190. The standard InChI is InChI=1S/C9H14N2O2S/c1-11(2)9-10-7(6-14-9)4-5-8(12)13-3/h6H,4-5H2,1-3H3. The monoisotopic (exact) mass is 214 g/mol. The molecule has 0 unspecified atom stereocenters. The van der Waals surface area contributed by atoms with Crippen molar-refractivity contribution in [2.45, 2.75) is 12.8 Å². The predicted octanol–water partition coefficient (Wildman–Crippen LogP) is 1.31. The number of hydrogen-bond donors (Lipinski definition) is 0. The predicted molar refractivity (Wildman–Crippen MR) is 56.8 cm³/mol. The largest absolute Gasteiger partial charge is 0.469 e. The highest BCUT2D eigenvalue weighted by atomic mass is 32.1. The van der Waals surface area contributed by atoms with Crippen molar-refractivity contribution in [2.75, 3.05) is 26.1 Å². The molecule has 0 bridgehead atoms. The van der Waals surface area contributed by atoms with Crippen LogP contribution >= 0.6 is 11.3 Å². The molecule has 1 heterocycles. The molecule has 0 aromatic carbocycles. The van der Waals surface area contributed by atoms with Crippen molar-refractivity contribution < 1.29 is 9.53 Å². The number of esters is 1. The van der Waals surface area contributed by atoms with E-state index in [1.807, 2.05) is 24.4 Å². The van der Waals surface area contributed by atoms with Crippen molar-refractivity contribution >= 4 is 22.4 Å². The van der Waals surface area contributed by atoms with Crippen LogP contribution in [0, 0.1) is 0 Å². The number of hydrogen-bond acceptors (Lipinski definition) is 5. The quantitative estimate of drug-likeness (QED) is 0.709. The number of rotatable bonds is 4.